The van der Waals surface area contributed by atoms with Crippen molar-refractivity contribution in [2.45, 2.75) is 6.54 Å². The maximum atomic E-state index is 13.5. The number of benzene rings is 3. The van der Waals surface area contributed by atoms with Gasteiger partial charge in [0.1, 0.15) is 11.5 Å². The summed E-state index contributed by atoms with van der Waals surface area (Å²) in [5.41, 5.74) is 1.34. The number of ether oxygens (including phenoxy) is 4. The van der Waals surface area contributed by atoms with Gasteiger partial charge in [-0.05, 0) is 23.8 Å². The molecule has 0 aromatic heterocycles. The van der Waals surface area contributed by atoms with Crippen molar-refractivity contribution in [2.75, 3.05) is 44.3 Å². The van der Waals surface area contributed by atoms with Crippen LogP contribution in [0.5, 0.6) is 23.0 Å². The van der Waals surface area contributed by atoms with Crippen molar-refractivity contribution in [3.05, 3.63) is 71.8 Å². The Bertz CT molecular complexity index is 1290. The van der Waals surface area contributed by atoms with Crippen molar-refractivity contribution in [3.63, 3.8) is 0 Å². The molecule has 1 N–H and O–H groups in total. The van der Waals surface area contributed by atoms with Crippen molar-refractivity contribution in [2.24, 2.45) is 0 Å². The van der Waals surface area contributed by atoms with Gasteiger partial charge in [0, 0.05) is 12.1 Å². The van der Waals surface area contributed by atoms with Crippen molar-refractivity contribution in [1.29, 1.82) is 0 Å². The summed E-state index contributed by atoms with van der Waals surface area (Å²) in [5, 5.41) is 2.79. The molecule has 3 rings (SSSR count). The smallest absolute Gasteiger partial charge is 0.258 e. The Labute approximate surface area is 205 Å². The highest BCUT2D eigenvalue weighted by Gasteiger charge is 2.27. The van der Waals surface area contributed by atoms with Crippen molar-refractivity contribution < 1.29 is 32.2 Å². The average molecular weight is 501 g/mol. The molecule has 0 saturated carbocycles. The van der Waals surface area contributed by atoms with Crippen LogP contribution in [0.25, 0.3) is 0 Å². The molecule has 0 heterocycles. The Balaban J connectivity index is 2.13. The van der Waals surface area contributed by atoms with Crippen LogP contribution in [0, 0.1) is 0 Å². The van der Waals surface area contributed by atoms with Gasteiger partial charge in [-0.2, -0.15) is 0 Å². The lowest BCUT2D eigenvalue weighted by Crippen LogP contribution is -2.31. The molecule has 1 amide bonds. The quantitative estimate of drug-likeness (QED) is 0.450. The summed E-state index contributed by atoms with van der Waals surface area (Å²) in [6.45, 7) is 0.0152. The zero-order valence-electron chi connectivity index (χ0n) is 20.2. The number of hydrogen-bond donors (Lipinski definition) is 1. The van der Waals surface area contributed by atoms with Crippen LogP contribution < -0.4 is 28.6 Å². The number of carbonyl (C=O) groups is 1. The average Bonchev–Trinajstić information content (AvgIpc) is 2.86. The van der Waals surface area contributed by atoms with Crippen LogP contribution in [0.1, 0.15) is 15.9 Å². The lowest BCUT2D eigenvalue weighted by Gasteiger charge is -2.26. The lowest BCUT2D eigenvalue weighted by molar-refractivity contribution is 0.102. The summed E-state index contributed by atoms with van der Waals surface area (Å²) in [5.74, 6) is 0.923. The second kappa shape index (κ2) is 11.0. The van der Waals surface area contributed by atoms with Gasteiger partial charge in [0.2, 0.25) is 10.0 Å². The van der Waals surface area contributed by atoms with Crippen LogP contribution in [0.3, 0.4) is 0 Å². The lowest BCUT2D eigenvalue weighted by atomic mass is 10.1. The number of sulfonamides is 1. The molecule has 10 heteroatoms. The van der Waals surface area contributed by atoms with Gasteiger partial charge >= 0.3 is 0 Å². The van der Waals surface area contributed by atoms with Crippen LogP contribution in [0.2, 0.25) is 0 Å². The molecule has 3 aromatic rings. The summed E-state index contributed by atoms with van der Waals surface area (Å²) in [6, 6.07) is 16.9. The molecular formula is C25H28N2O7S. The molecule has 0 aliphatic rings. The predicted molar refractivity (Wildman–Crippen MR) is 135 cm³/mol. The summed E-state index contributed by atoms with van der Waals surface area (Å²) in [6.07, 6.45) is 1.08. The number of rotatable bonds is 10. The number of carbonyl (C=O) groups excluding carboxylic acids is 1. The van der Waals surface area contributed by atoms with E-state index in [1.807, 2.05) is 18.2 Å². The number of hydrogen-bond acceptors (Lipinski definition) is 7. The monoisotopic (exact) mass is 500 g/mol. The van der Waals surface area contributed by atoms with E-state index in [1.54, 1.807) is 30.3 Å². The third-order valence-electron chi connectivity index (χ3n) is 5.24. The van der Waals surface area contributed by atoms with Gasteiger partial charge in [-0.15, -0.1) is 0 Å². The van der Waals surface area contributed by atoms with E-state index in [-0.39, 0.29) is 29.3 Å². The molecule has 0 unspecified atom stereocenters. The van der Waals surface area contributed by atoms with Crippen molar-refractivity contribution in [3.8, 4) is 23.0 Å². The van der Waals surface area contributed by atoms with Gasteiger partial charge < -0.3 is 24.3 Å². The fraction of sp³-hybridized carbons (Fsp3) is 0.240. The minimum atomic E-state index is -3.80. The van der Waals surface area contributed by atoms with E-state index in [0.717, 1.165) is 16.1 Å². The molecule has 0 aliphatic carbocycles. The van der Waals surface area contributed by atoms with Crippen LogP contribution in [0.15, 0.2) is 60.7 Å². The van der Waals surface area contributed by atoms with Gasteiger partial charge in [0.05, 0.1) is 58.2 Å². The highest BCUT2D eigenvalue weighted by Crippen LogP contribution is 2.38. The molecule has 9 nitrogen and oxygen atoms in total. The highest BCUT2D eigenvalue weighted by molar-refractivity contribution is 7.92. The Morgan fingerprint density at radius 1 is 0.829 bits per heavy atom. The Morgan fingerprint density at radius 2 is 1.46 bits per heavy atom. The first-order valence-electron chi connectivity index (χ1n) is 10.5. The van der Waals surface area contributed by atoms with E-state index < -0.39 is 15.9 Å². The molecular weight excluding hydrogens is 472 g/mol. The minimum Gasteiger partial charge on any atom is -0.497 e. The number of anilines is 2. The zero-order valence-corrected chi connectivity index (χ0v) is 21.0. The standard InChI is InChI=1S/C25H28N2O7S/c1-31-18-11-12-20(22(13-18)32-2)26-25(28)19-14-23(33-3)24(34-4)15-21(19)27(35(5,29)30)16-17-9-7-6-8-10-17/h6-15H,16H2,1-5H3,(H,26,28). The SMILES string of the molecule is COc1ccc(NC(=O)c2cc(OC)c(OC)cc2N(Cc2ccccc2)S(C)(=O)=O)c(OC)c1. The van der Waals surface area contributed by atoms with E-state index in [1.165, 1.54) is 40.6 Å². The van der Waals surface area contributed by atoms with E-state index in [4.69, 9.17) is 18.9 Å². The third-order valence-corrected chi connectivity index (χ3v) is 6.37. The third kappa shape index (κ3) is 5.96. The first-order chi connectivity index (χ1) is 16.7. The fourth-order valence-corrected chi connectivity index (χ4v) is 4.37. The molecule has 0 spiro atoms. The van der Waals surface area contributed by atoms with Gasteiger partial charge in [0.25, 0.3) is 5.91 Å². The number of nitrogens with zero attached hydrogens (tertiary/aromatic N) is 1. The van der Waals surface area contributed by atoms with E-state index in [9.17, 15) is 13.2 Å². The van der Waals surface area contributed by atoms with Gasteiger partial charge in [-0.3, -0.25) is 9.10 Å². The second-order valence-electron chi connectivity index (χ2n) is 7.50. The molecule has 186 valence electrons. The van der Waals surface area contributed by atoms with Crippen LogP contribution >= 0.6 is 0 Å². The summed E-state index contributed by atoms with van der Waals surface area (Å²) in [4.78, 5) is 13.5. The van der Waals surface area contributed by atoms with E-state index in [0.29, 0.717) is 17.2 Å². The summed E-state index contributed by atoms with van der Waals surface area (Å²) < 4.78 is 48.3. The fourth-order valence-electron chi connectivity index (χ4n) is 3.48. The van der Waals surface area contributed by atoms with Crippen molar-refractivity contribution >= 4 is 27.3 Å². The van der Waals surface area contributed by atoms with Crippen LogP contribution in [-0.2, 0) is 16.6 Å². The van der Waals surface area contributed by atoms with E-state index >= 15 is 0 Å². The summed E-state index contributed by atoms with van der Waals surface area (Å²) >= 11 is 0. The second-order valence-corrected chi connectivity index (χ2v) is 9.41. The Kier molecular flexibility index (Phi) is 8.08. The van der Waals surface area contributed by atoms with Crippen LogP contribution in [0.4, 0.5) is 11.4 Å². The highest BCUT2D eigenvalue weighted by atomic mass is 32.2. The van der Waals surface area contributed by atoms with Gasteiger partial charge in [-0.25, -0.2) is 8.42 Å². The molecule has 0 saturated heterocycles. The largest absolute Gasteiger partial charge is 0.497 e. The summed E-state index contributed by atoms with van der Waals surface area (Å²) in [7, 11) is 2.07. The topological polar surface area (TPSA) is 103 Å². The van der Waals surface area contributed by atoms with Crippen LogP contribution in [-0.4, -0.2) is 49.0 Å². The number of methoxy groups -OCH3 is 4. The number of amides is 1. The number of nitrogens with one attached hydrogen (secondary N) is 1. The molecule has 0 aliphatic heterocycles. The molecule has 0 atom stereocenters. The molecule has 0 bridgehead atoms. The normalized spacial score (nSPS) is 10.9. The predicted octanol–water partition coefficient (Wildman–Crippen LogP) is 3.94. The zero-order chi connectivity index (χ0) is 25.6. The van der Waals surface area contributed by atoms with E-state index in [2.05, 4.69) is 5.32 Å². The maximum Gasteiger partial charge on any atom is 0.258 e. The van der Waals surface area contributed by atoms with Crippen molar-refractivity contribution in [1.82, 2.24) is 0 Å². The van der Waals surface area contributed by atoms with Gasteiger partial charge in [0.15, 0.2) is 11.5 Å². The van der Waals surface area contributed by atoms with Gasteiger partial charge in [-0.1, -0.05) is 30.3 Å². The first kappa shape index (κ1) is 25.7. The Hall–Kier alpha value is -3.92. The molecule has 3 aromatic carbocycles. The molecule has 0 fully saturated rings. The maximum absolute atomic E-state index is 13.5. The molecule has 0 radical (unpaired) electrons. The Morgan fingerprint density at radius 3 is 2.03 bits per heavy atom. The molecule has 35 heavy (non-hydrogen) atoms. The minimum absolute atomic E-state index is 0.0152. The first-order valence-corrected chi connectivity index (χ1v) is 12.4.